The number of aldehydes is 1. The first-order valence-corrected chi connectivity index (χ1v) is 4.73. The van der Waals surface area contributed by atoms with Crippen molar-refractivity contribution >= 4 is 17.9 Å². The molecule has 1 aromatic rings. The molecular weight excluding hydrogens is 210 g/mol. The van der Waals surface area contributed by atoms with Gasteiger partial charge in [0.25, 0.3) is 0 Å². The van der Waals surface area contributed by atoms with E-state index in [1.807, 2.05) is 0 Å². The Morgan fingerprint density at radius 3 is 2.44 bits per heavy atom. The van der Waals surface area contributed by atoms with Crippen LogP contribution in [0.25, 0.3) is 0 Å². The highest BCUT2D eigenvalue weighted by molar-refractivity contribution is 6.11. The summed E-state index contributed by atoms with van der Waals surface area (Å²) in [5, 5.41) is 2.62. The van der Waals surface area contributed by atoms with Gasteiger partial charge in [0, 0.05) is 11.8 Å². The van der Waals surface area contributed by atoms with Gasteiger partial charge in [0.15, 0.2) is 11.5 Å². The van der Waals surface area contributed by atoms with Crippen LogP contribution in [0, 0.1) is 0 Å². The van der Waals surface area contributed by atoms with Gasteiger partial charge in [-0.1, -0.05) is 0 Å². The number of carbonyl (C=O) groups is 2. The number of anilines is 1. The van der Waals surface area contributed by atoms with Crippen molar-refractivity contribution in [3.63, 3.8) is 0 Å². The quantitative estimate of drug-likeness (QED) is 0.609. The summed E-state index contributed by atoms with van der Waals surface area (Å²) in [5.41, 5.74) is 1.22. The second-order valence-electron chi connectivity index (χ2n) is 3.40. The number of amides is 1. The van der Waals surface area contributed by atoms with E-state index in [1.165, 1.54) is 14.2 Å². The molecule has 0 bridgehead atoms. The van der Waals surface area contributed by atoms with Crippen LogP contribution < -0.4 is 14.8 Å². The molecule has 1 atom stereocenters. The van der Waals surface area contributed by atoms with E-state index in [0.29, 0.717) is 29.0 Å². The Kier molecular flexibility index (Phi) is 2.52. The van der Waals surface area contributed by atoms with Crippen molar-refractivity contribution in [1.82, 2.24) is 0 Å². The summed E-state index contributed by atoms with van der Waals surface area (Å²) in [6.07, 6.45) is 0.618. The third kappa shape index (κ3) is 1.41. The fourth-order valence-corrected chi connectivity index (χ4v) is 1.75. The number of ether oxygens (including phenoxy) is 2. The van der Waals surface area contributed by atoms with Crippen LogP contribution in [0.1, 0.15) is 11.5 Å². The molecule has 84 valence electrons. The minimum atomic E-state index is -0.755. The van der Waals surface area contributed by atoms with Crippen molar-refractivity contribution in [3.05, 3.63) is 17.7 Å². The van der Waals surface area contributed by atoms with E-state index in [-0.39, 0.29) is 5.91 Å². The minimum Gasteiger partial charge on any atom is -0.493 e. The Balaban J connectivity index is 2.55. The summed E-state index contributed by atoms with van der Waals surface area (Å²) >= 11 is 0. The molecule has 1 unspecified atom stereocenters. The Hall–Kier alpha value is -2.04. The molecule has 16 heavy (non-hydrogen) atoms. The Morgan fingerprint density at radius 1 is 1.25 bits per heavy atom. The van der Waals surface area contributed by atoms with E-state index < -0.39 is 5.92 Å². The van der Waals surface area contributed by atoms with Crippen LogP contribution in [0.2, 0.25) is 0 Å². The zero-order valence-electron chi connectivity index (χ0n) is 8.94. The molecule has 0 saturated carbocycles. The maximum absolute atomic E-state index is 11.4. The van der Waals surface area contributed by atoms with Gasteiger partial charge in [-0.2, -0.15) is 0 Å². The van der Waals surface area contributed by atoms with Crippen LogP contribution in [0.15, 0.2) is 12.1 Å². The number of hydrogen-bond acceptors (Lipinski definition) is 4. The van der Waals surface area contributed by atoms with Crippen LogP contribution in [-0.4, -0.2) is 26.4 Å². The van der Waals surface area contributed by atoms with Crippen molar-refractivity contribution in [2.75, 3.05) is 19.5 Å². The number of methoxy groups -OCH3 is 2. The Labute approximate surface area is 92.4 Å². The molecule has 1 aliphatic heterocycles. The minimum absolute atomic E-state index is 0.319. The average Bonchev–Trinajstić information content (AvgIpc) is 2.61. The summed E-state index contributed by atoms with van der Waals surface area (Å²) < 4.78 is 10.2. The third-order valence-electron chi connectivity index (χ3n) is 2.57. The molecule has 5 heteroatoms. The SMILES string of the molecule is COc1cc2c(cc1OC)C(C=O)C(=O)N2. The molecule has 0 aromatic heterocycles. The molecule has 1 N–H and O–H groups in total. The fraction of sp³-hybridized carbons (Fsp3) is 0.273. The van der Waals surface area contributed by atoms with E-state index >= 15 is 0 Å². The summed E-state index contributed by atoms with van der Waals surface area (Å²) in [4.78, 5) is 22.2. The molecule has 1 aliphatic rings. The summed E-state index contributed by atoms with van der Waals surface area (Å²) in [6.45, 7) is 0. The molecule has 0 aliphatic carbocycles. The molecule has 5 nitrogen and oxygen atoms in total. The van der Waals surface area contributed by atoms with Gasteiger partial charge < -0.3 is 19.6 Å². The predicted octanol–water partition coefficient (Wildman–Crippen LogP) is 0.938. The first-order valence-electron chi connectivity index (χ1n) is 4.73. The van der Waals surface area contributed by atoms with E-state index in [0.717, 1.165) is 0 Å². The molecule has 0 spiro atoms. The first-order chi connectivity index (χ1) is 7.71. The second kappa shape index (κ2) is 3.84. The number of nitrogens with one attached hydrogen (secondary N) is 1. The van der Waals surface area contributed by atoms with Crippen LogP contribution in [0.4, 0.5) is 5.69 Å². The topological polar surface area (TPSA) is 64.6 Å². The smallest absolute Gasteiger partial charge is 0.239 e. The van der Waals surface area contributed by atoms with Crippen molar-refractivity contribution < 1.29 is 19.1 Å². The highest BCUT2D eigenvalue weighted by Gasteiger charge is 2.31. The van der Waals surface area contributed by atoms with Gasteiger partial charge in [-0.25, -0.2) is 0 Å². The van der Waals surface area contributed by atoms with Crippen molar-refractivity contribution in [1.29, 1.82) is 0 Å². The van der Waals surface area contributed by atoms with Gasteiger partial charge in [0.05, 0.1) is 14.2 Å². The second-order valence-corrected chi connectivity index (χ2v) is 3.40. The lowest BCUT2D eigenvalue weighted by Gasteiger charge is -2.09. The molecule has 0 fully saturated rings. The van der Waals surface area contributed by atoms with Gasteiger partial charge in [0.2, 0.25) is 5.91 Å². The molecule has 0 saturated heterocycles. The standard InChI is InChI=1S/C11H11NO4/c1-15-9-3-6-7(5-13)11(14)12-8(6)4-10(9)16-2/h3-5,7H,1-2H3,(H,12,14). The van der Waals surface area contributed by atoms with E-state index in [4.69, 9.17) is 9.47 Å². The van der Waals surface area contributed by atoms with Crippen LogP contribution in [0.3, 0.4) is 0 Å². The average molecular weight is 221 g/mol. The van der Waals surface area contributed by atoms with Crippen molar-refractivity contribution in [2.24, 2.45) is 0 Å². The van der Waals surface area contributed by atoms with E-state index in [1.54, 1.807) is 12.1 Å². The van der Waals surface area contributed by atoms with Crippen molar-refractivity contribution in [3.8, 4) is 11.5 Å². The predicted molar refractivity (Wildman–Crippen MR) is 57.0 cm³/mol. The molecule has 2 rings (SSSR count). The fourth-order valence-electron chi connectivity index (χ4n) is 1.75. The Morgan fingerprint density at radius 2 is 1.88 bits per heavy atom. The molecule has 0 radical (unpaired) electrons. The van der Waals surface area contributed by atoms with Gasteiger partial charge >= 0.3 is 0 Å². The molecule has 1 amide bonds. The van der Waals surface area contributed by atoms with Crippen molar-refractivity contribution in [2.45, 2.75) is 5.92 Å². The third-order valence-corrected chi connectivity index (χ3v) is 2.57. The van der Waals surface area contributed by atoms with Crippen LogP contribution >= 0.6 is 0 Å². The zero-order valence-corrected chi connectivity index (χ0v) is 8.94. The first kappa shape index (κ1) is 10.5. The normalized spacial score (nSPS) is 17.6. The number of carbonyl (C=O) groups excluding carboxylic acids is 2. The monoisotopic (exact) mass is 221 g/mol. The lowest BCUT2D eigenvalue weighted by Crippen LogP contribution is -2.12. The van der Waals surface area contributed by atoms with Gasteiger partial charge in [0.1, 0.15) is 12.2 Å². The summed E-state index contributed by atoms with van der Waals surface area (Å²) in [5.74, 6) is -0.0483. The molecule has 1 heterocycles. The highest BCUT2D eigenvalue weighted by atomic mass is 16.5. The Bertz CT molecular complexity index is 456. The molecular formula is C11H11NO4. The largest absolute Gasteiger partial charge is 0.493 e. The number of hydrogen-bond donors (Lipinski definition) is 1. The summed E-state index contributed by atoms with van der Waals surface area (Å²) in [7, 11) is 3.02. The summed E-state index contributed by atoms with van der Waals surface area (Å²) in [6, 6.07) is 3.29. The highest BCUT2D eigenvalue weighted by Crippen LogP contribution is 2.39. The maximum Gasteiger partial charge on any atom is 0.239 e. The van der Waals surface area contributed by atoms with Gasteiger partial charge in [-0.05, 0) is 11.6 Å². The van der Waals surface area contributed by atoms with Gasteiger partial charge in [-0.15, -0.1) is 0 Å². The number of fused-ring (bicyclic) bond motifs is 1. The molecule has 1 aromatic carbocycles. The lowest BCUT2D eigenvalue weighted by atomic mass is 10.0. The van der Waals surface area contributed by atoms with E-state index in [2.05, 4.69) is 5.32 Å². The van der Waals surface area contributed by atoms with Crippen LogP contribution in [0.5, 0.6) is 11.5 Å². The maximum atomic E-state index is 11.4. The van der Waals surface area contributed by atoms with Crippen LogP contribution in [-0.2, 0) is 9.59 Å². The number of rotatable bonds is 3. The zero-order chi connectivity index (χ0) is 11.7. The number of benzene rings is 1. The van der Waals surface area contributed by atoms with E-state index in [9.17, 15) is 9.59 Å². The van der Waals surface area contributed by atoms with Gasteiger partial charge in [-0.3, -0.25) is 4.79 Å². The lowest BCUT2D eigenvalue weighted by molar-refractivity contribution is -0.121.